The lowest BCUT2D eigenvalue weighted by Crippen LogP contribution is -2.47. The summed E-state index contributed by atoms with van der Waals surface area (Å²) in [6, 6.07) is 10.1. The second-order valence-electron chi connectivity index (χ2n) is 7.44. The van der Waals surface area contributed by atoms with Gasteiger partial charge in [0.2, 0.25) is 5.91 Å². The van der Waals surface area contributed by atoms with E-state index in [1.54, 1.807) is 13.0 Å². The Balaban J connectivity index is 1.35. The van der Waals surface area contributed by atoms with E-state index in [9.17, 15) is 9.59 Å². The maximum Gasteiger partial charge on any atom is 0.255 e. The van der Waals surface area contributed by atoms with E-state index in [1.807, 2.05) is 12.1 Å². The SMILES string of the molecule is Cc1ccccc1CCNC(=O)CN1CCC(NC(=O)c2ccoc2C)CC1. The molecule has 3 rings (SSSR count). The number of likely N-dealkylation sites (tertiary alicyclic amines) is 1. The first-order valence-electron chi connectivity index (χ1n) is 9.91. The van der Waals surface area contributed by atoms with Crippen LogP contribution in [-0.2, 0) is 11.2 Å². The fourth-order valence-corrected chi connectivity index (χ4v) is 3.61. The van der Waals surface area contributed by atoms with E-state index in [0.29, 0.717) is 24.4 Å². The minimum Gasteiger partial charge on any atom is -0.469 e. The number of benzene rings is 1. The molecule has 1 aromatic heterocycles. The molecule has 0 saturated carbocycles. The number of aryl methyl sites for hydroxylation is 2. The summed E-state index contributed by atoms with van der Waals surface area (Å²) in [5.41, 5.74) is 3.12. The van der Waals surface area contributed by atoms with Crippen LogP contribution in [0.4, 0.5) is 0 Å². The van der Waals surface area contributed by atoms with Crippen LogP contribution < -0.4 is 10.6 Å². The molecule has 6 nitrogen and oxygen atoms in total. The molecule has 150 valence electrons. The van der Waals surface area contributed by atoms with Crippen molar-refractivity contribution in [1.29, 1.82) is 0 Å². The Hall–Kier alpha value is -2.60. The van der Waals surface area contributed by atoms with Gasteiger partial charge in [-0.3, -0.25) is 14.5 Å². The molecule has 1 aliphatic rings. The van der Waals surface area contributed by atoms with Gasteiger partial charge in [0.1, 0.15) is 5.76 Å². The number of furan rings is 1. The molecule has 28 heavy (non-hydrogen) atoms. The molecule has 2 aromatic rings. The third-order valence-electron chi connectivity index (χ3n) is 5.37. The molecule has 1 saturated heterocycles. The quantitative estimate of drug-likeness (QED) is 0.770. The highest BCUT2D eigenvalue weighted by atomic mass is 16.3. The number of carbonyl (C=O) groups is 2. The fraction of sp³-hybridized carbons (Fsp3) is 0.455. The summed E-state index contributed by atoms with van der Waals surface area (Å²) >= 11 is 0. The fourth-order valence-electron chi connectivity index (χ4n) is 3.61. The lowest BCUT2D eigenvalue weighted by molar-refractivity contribution is -0.122. The van der Waals surface area contributed by atoms with Gasteiger partial charge >= 0.3 is 0 Å². The van der Waals surface area contributed by atoms with Crippen molar-refractivity contribution < 1.29 is 14.0 Å². The summed E-state index contributed by atoms with van der Waals surface area (Å²) in [6.45, 7) is 6.56. The van der Waals surface area contributed by atoms with Crippen LogP contribution in [0.2, 0.25) is 0 Å². The summed E-state index contributed by atoms with van der Waals surface area (Å²) in [6.07, 6.45) is 4.07. The predicted octanol–water partition coefficient (Wildman–Crippen LogP) is 2.45. The Morgan fingerprint density at radius 1 is 1.14 bits per heavy atom. The van der Waals surface area contributed by atoms with Gasteiger partial charge in [0.25, 0.3) is 5.91 Å². The monoisotopic (exact) mass is 383 g/mol. The standard InChI is InChI=1S/C22H29N3O3/c1-16-5-3-4-6-18(16)7-11-23-21(26)15-25-12-8-19(9-13-25)24-22(27)20-10-14-28-17(20)2/h3-6,10,14,19H,7-9,11-13,15H2,1-2H3,(H,23,26)(H,24,27). The lowest BCUT2D eigenvalue weighted by atomic mass is 10.0. The van der Waals surface area contributed by atoms with Crippen LogP contribution in [0.5, 0.6) is 0 Å². The first kappa shape index (κ1) is 20.1. The van der Waals surface area contributed by atoms with E-state index in [1.165, 1.54) is 17.4 Å². The number of carbonyl (C=O) groups excluding carboxylic acids is 2. The Kier molecular flexibility index (Phi) is 6.87. The molecule has 0 unspecified atom stereocenters. The van der Waals surface area contributed by atoms with Crippen LogP contribution in [0.1, 0.15) is 40.1 Å². The van der Waals surface area contributed by atoms with Gasteiger partial charge in [-0.1, -0.05) is 24.3 Å². The first-order valence-corrected chi connectivity index (χ1v) is 9.91. The molecule has 1 aliphatic heterocycles. The topological polar surface area (TPSA) is 74.6 Å². The van der Waals surface area contributed by atoms with Gasteiger partial charge < -0.3 is 15.1 Å². The third kappa shape index (κ3) is 5.45. The van der Waals surface area contributed by atoms with Gasteiger partial charge in [0, 0.05) is 25.7 Å². The van der Waals surface area contributed by atoms with E-state index in [2.05, 4.69) is 34.6 Å². The van der Waals surface area contributed by atoms with Gasteiger partial charge in [-0.05, 0) is 50.3 Å². The van der Waals surface area contributed by atoms with Crippen LogP contribution >= 0.6 is 0 Å². The first-order chi connectivity index (χ1) is 13.5. The number of rotatable bonds is 7. The third-order valence-corrected chi connectivity index (χ3v) is 5.37. The van der Waals surface area contributed by atoms with Crippen molar-refractivity contribution in [3.05, 3.63) is 59.0 Å². The van der Waals surface area contributed by atoms with Crippen molar-refractivity contribution in [2.45, 2.75) is 39.2 Å². The van der Waals surface area contributed by atoms with Crippen LogP contribution in [0.25, 0.3) is 0 Å². The summed E-state index contributed by atoms with van der Waals surface area (Å²) < 4.78 is 5.19. The molecule has 0 atom stereocenters. The summed E-state index contributed by atoms with van der Waals surface area (Å²) in [7, 11) is 0. The second-order valence-corrected chi connectivity index (χ2v) is 7.44. The zero-order valence-electron chi connectivity index (χ0n) is 16.7. The molecule has 0 aliphatic carbocycles. The molecular weight excluding hydrogens is 354 g/mol. The smallest absolute Gasteiger partial charge is 0.255 e. The average molecular weight is 383 g/mol. The van der Waals surface area contributed by atoms with Gasteiger partial charge in [-0.2, -0.15) is 0 Å². The number of amides is 2. The van der Waals surface area contributed by atoms with Crippen LogP contribution in [0, 0.1) is 13.8 Å². The van der Waals surface area contributed by atoms with E-state index >= 15 is 0 Å². The normalized spacial score (nSPS) is 15.4. The van der Waals surface area contributed by atoms with Crippen LogP contribution in [0.3, 0.4) is 0 Å². The minimum absolute atomic E-state index is 0.0603. The van der Waals surface area contributed by atoms with Crippen molar-refractivity contribution in [3.63, 3.8) is 0 Å². The molecule has 6 heteroatoms. The largest absolute Gasteiger partial charge is 0.469 e. The predicted molar refractivity (Wildman–Crippen MR) is 108 cm³/mol. The maximum absolute atomic E-state index is 12.3. The number of hydrogen-bond acceptors (Lipinski definition) is 4. The Bertz CT molecular complexity index is 807. The number of piperidine rings is 1. The molecule has 1 fully saturated rings. The maximum atomic E-state index is 12.3. The van der Waals surface area contributed by atoms with Crippen molar-refractivity contribution in [2.24, 2.45) is 0 Å². The highest BCUT2D eigenvalue weighted by Crippen LogP contribution is 2.13. The van der Waals surface area contributed by atoms with Gasteiger partial charge in [0.05, 0.1) is 18.4 Å². The highest BCUT2D eigenvalue weighted by Gasteiger charge is 2.23. The molecule has 2 N–H and O–H groups in total. The van der Waals surface area contributed by atoms with Crippen LogP contribution in [0.15, 0.2) is 41.0 Å². The molecule has 0 bridgehead atoms. The van der Waals surface area contributed by atoms with Crippen molar-refractivity contribution in [2.75, 3.05) is 26.2 Å². The van der Waals surface area contributed by atoms with E-state index < -0.39 is 0 Å². The second kappa shape index (κ2) is 9.55. The van der Waals surface area contributed by atoms with Gasteiger partial charge in [-0.25, -0.2) is 0 Å². The van der Waals surface area contributed by atoms with Crippen LogP contribution in [-0.4, -0.2) is 48.9 Å². The Morgan fingerprint density at radius 2 is 1.89 bits per heavy atom. The molecular formula is C22H29N3O3. The van der Waals surface area contributed by atoms with E-state index in [0.717, 1.165) is 32.4 Å². The molecule has 2 amide bonds. The van der Waals surface area contributed by atoms with Gasteiger partial charge in [-0.15, -0.1) is 0 Å². The Morgan fingerprint density at radius 3 is 2.57 bits per heavy atom. The molecule has 1 aromatic carbocycles. The number of hydrogen-bond donors (Lipinski definition) is 2. The highest BCUT2D eigenvalue weighted by molar-refractivity contribution is 5.95. The summed E-state index contributed by atoms with van der Waals surface area (Å²) in [5, 5.41) is 6.08. The summed E-state index contributed by atoms with van der Waals surface area (Å²) in [4.78, 5) is 26.6. The van der Waals surface area contributed by atoms with E-state index in [4.69, 9.17) is 4.42 Å². The number of nitrogens with one attached hydrogen (secondary N) is 2. The minimum atomic E-state index is -0.0846. The molecule has 0 spiro atoms. The zero-order chi connectivity index (χ0) is 19.9. The zero-order valence-corrected chi connectivity index (χ0v) is 16.7. The molecule has 2 heterocycles. The Labute approximate surface area is 166 Å². The molecule has 0 radical (unpaired) electrons. The summed E-state index contributed by atoms with van der Waals surface area (Å²) in [5.74, 6) is 0.612. The van der Waals surface area contributed by atoms with Gasteiger partial charge in [0.15, 0.2) is 0 Å². The van der Waals surface area contributed by atoms with Crippen molar-refractivity contribution in [3.8, 4) is 0 Å². The van der Waals surface area contributed by atoms with E-state index in [-0.39, 0.29) is 17.9 Å². The number of nitrogens with zero attached hydrogens (tertiary/aromatic N) is 1. The van der Waals surface area contributed by atoms with Crippen molar-refractivity contribution in [1.82, 2.24) is 15.5 Å². The van der Waals surface area contributed by atoms with Crippen molar-refractivity contribution >= 4 is 11.8 Å². The average Bonchev–Trinajstić information content (AvgIpc) is 3.11. The lowest BCUT2D eigenvalue weighted by Gasteiger charge is -2.31.